The fourth-order valence-electron chi connectivity index (χ4n) is 4.82. The quantitative estimate of drug-likeness (QED) is 0.478. The molecular formula is C26H32F3N5O3S2. The van der Waals surface area contributed by atoms with E-state index in [0.717, 1.165) is 12.6 Å². The van der Waals surface area contributed by atoms with E-state index >= 15 is 0 Å². The van der Waals surface area contributed by atoms with Gasteiger partial charge >= 0.3 is 6.18 Å². The lowest BCUT2D eigenvalue weighted by Gasteiger charge is -2.44. The van der Waals surface area contributed by atoms with E-state index in [2.05, 4.69) is 4.98 Å². The lowest BCUT2D eigenvalue weighted by atomic mass is 9.95. The Labute approximate surface area is 232 Å². The minimum Gasteiger partial charge on any atom is -0.376 e. The first-order chi connectivity index (χ1) is 18.2. The Morgan fingerprint density at radius 3 is 2.49 bits per heavy atom. The van der Waals surface area contributed by atoms with Crippen molar-refractivity contribution in [2.24, 2.45) is 7.05 Å². The van der Waals surface area contributed by atoms with Crippen LogP contribution in [0.5, 0.6) is 0 Å². The third-order valence-electron chi connectivity index (χ3n) is 7.05. The number of aromatic nitrogens is 2. The second kappa shape index (κ2) is 11.1. The molecule has 0 unspecified atom stereocenters. The van der Waals surface area contributed by atoms with Gasteiger partial charge in [0.25, 0.3) is 0 Å². The Morgan fingerprint density at radius 2 is 1.90 bits per heavy atom. The van der Waals surface area contributed by atoms with Gasteiger partial charge in [-0.25, -0.2) is 13.4 Å². The van der Waals surface area contributed by atoms with Crippen molar-refractivity contribution in [2.45, 2.75) is 37.7 Å². The third kappa shape index (κ3) is 6.27. The molecule has 1 aliphatic heterocycles. The number of piperazine rings is 1. The first-order valence-electron chi connectivity index (χ1n) is 12.4. The van der Waals surface area contributed by atoms with Crippen molar-refractivity contribution < 1.29 is 26.7 Å². The van der Waals surface area contributed by atoms with E-state index in [9.17, 15) is 26.7 Å². The largest absolute Gasteiger partial charge is 0.421 e. The number of hydrogen-bond donors (Lipinski definition) is 1. The molecule has 39 heavy (non-hydrogen) atoms. The fraction of sp³-hybridized carbons (Fsp3) is 0.462. The molecule has 0 saturated carbocycles. The molecule has 0 amide bonds. The number of hydrogen-bond acceptors (Lipinski definition) is 7. The highest BCUT2D eigenvalue weighted by atomic mass is 32.2. The van der Waals surface area contributed by atoms with Gasteiger partial charge in [0.1, 0.15) is 0 Å². The maximum absolute atomic E-state index is 13.5. The van der Waals surface area contributed by atoms with Gasteiger partial charge in [-0.15, -0.1) is 0 Å². The van der Waals surface area contributed by atoms with Crippen molar-refractivity contribution in [2.75, 3.05) is 38.1 Å². The molecule has 1 fully saturated rings. The number of imidazole rings is 1. The van der Waals surface area contributed by atoms with Crippen molar-refractivity contribution in [3.63, 3.8) is 0 Å². The van der Waals surface area contributed by atoms with Gasteiger partial charge in [0.2, 0.25) is 10.0 Å². The molecule has 8 nitrogen and oxygen atoms in total. The standard InChI is InChI=1S/C26H32F3N5O3S2/c1-25(35,26(27,28)29)19-8-10-21(11-9-19)34-13-12-33(39(36,37)24-7-5-4-6-23(24)38)17-22(34)16-31(2)14-20-15-32(3)18-30-20/h4-5,7-11,15,18,22,35H,6,12-14,16-17H2,1-3H3/t22-,25+/m0/s1. The number of allylic oxidation sites excluding steroid dienone is 4. The SMILES string of the molecule is CN(Cc1cn(C)cn1)C[C@H]1CN(S(=O)(=O)C2=CC=CCC2=S)CCN1c1ccc([C@@](C)(O)C(F)(F)F)cc1. The van der Waals surface area contributed by atoms with E-state index < -0.39 is 21.8 Å². The minimum absolute atomic E-state index is 0.132. The van der Waals surface area contributed by atoms with Crippen LogP contribution in [0, 0.1) is 0 Å². The van der Waals surface area contributed by atoms with Crippen LogP contribution in [0.1, 0.15) is 24.6 Å². The molecule has 2 heterocycles. The molecule has 13 heteroatoms. The number of thiocarbonyl (C=S) groups is 1. The van der Waals surface area contributed by atoms with E-state index in [1.54, 1.807) is 12.4 Å². The zero-order valence-electron chi connectivity index (χ0n) is 22.0. The molecule has 1 saturated heterocycles. The molecule has 212 valence electrons. The molecule has 2 aliphatic rings. The van der Waals surface area contributed by atoms with Crippen LogP contribution in [0.2, 0.25) is 0 Å². The highest BCUT2D eigenvalue weighted by Crippen LogP contribution is 2.39. The molecular weight excluding hydrogens is 551 g/mol. The highest BCUT2D eigenvalue weighted by molar-refractivity contribution is 7.96. The molecule has 1 N–H and O–H groups in total. The van der Waals surface area contributed by atoms with Gasteiger partial charge in [-0.3, -0.25) is 4.90 Å². The van der Waals surface area contributed by atoms with Crippen LogP contribution in [0.15, 0.2) is 59.9 Å². The normalized spacial score (nSPS) is 20.8. The van der Waals surface area contributed by atoms with E-state index in [-0.39, 0.29) is 29.6 Å². The summed E-state index contributed by atoms with van der Waals surface area (Å²) >= 11 is 5.33. The molecule has 0 spiro atoms. The number of sulfonamides is 1. The Morgan fingerprint density at radius 1 is 1.21 bits per heavy atom. The number of likely N-dealkylation sites (N-methyl/N-ethyl adjacent to an activating group) is 1. The molecule has 1 aliphatic carbocycles. The molecule has 0 bridgehead atoms. The van der Waals surface area contributed by atoms with Crippen molar-refractivity contribution in [1.82, 2.24) is 18.8 Å². The molecule has 0 radical (unpaired) electrons. The van der Waals surface area contributed by atoms with Crippen LogP contribution in [-0.4, -0.2) is 82.6 Å². The van der Waals surface area contributed by atoms with Crippen molar-refractivity contribution in [1.29, 1.82) is 0 Å². The van der Waals surface area contributed by atoms with Gasteiger partial charge in [0, 0.05) is 62.9 Å². The summed E-state index contributed by atoms with van der Waals surface area (Å²) in [6, 6.07) is 5.28. The van der Waals surface area contributed by atoms with Crippen LogP contribution in [0.3, 0.4) is 0 Å². The summed E-state index contributed by atoms with van der Waals surface area (Å²) in [5, 5.41) is 10.1. The summed E-state index contributed by atoms with van der Waals surface area (Å²) in [5.41, 5.74) is -1.76. The zero-order chi connectivity index (χ0) is 28.6. The van der Waals surface area contributed by atoms with E-state index in [4.69, 9.17) is 12.2 Å². The number of anilines is 1. The summed E-state index contributed by atoms with van der Waals surface area (Å²) in [6.07, 6.45) is 4.21. The molecule has 2 atom stereocenters. The van der Waals surface area contributed by atoms with Crippen molar-refractivity contribution in [3.05, 3.63) is 71.2 Å². The molecule has 1 aromatic heterocycles. The smallest absolute Gasteiger partial charge is 0.376 e. The fourth-order valence-corrected chi connectivity index (χ4v) is 6.90. The predicted octanol–water partition coefficient (Wildman–Crippen LogP) is 3.36. The second-order valence-electron chi connectivity index (χ2n) is 10.1. The van der Waals surface area contributed by atoms with Gasteiger partial charge in [-0.1, -0.05) is 36.5 Å². The van der Waals surface area contributed by atoms with Crippen LogP contribution in [0.4, 0.5) is 18.9 Å². The number of aliphatic hydroxyl groups is 1. The topological polar surface area (TPSA) is 81.9 Å². The van der Waals surface area contributed by atoms with Gasteiger partial charge < -0.3 is 14.6 Å². The third-order valence-corrected chi connectivity index (χ3v) is 9.52. The van der Waals surface area contributed by atoms with Crippen molar-refractivity contribution >= 4 is 32.8 Å². The van der Waals surface area contributed by atoms with Gasteiger partial charge in [0.15, 0.2) is 5.60 Å². The maximum Gasteiger partial charge on any atom is 0.421 e. The molecule has 2 aromatic rings. The van der Waals surface area contributed by atoms with E-state index in [0.29, 0.717) is 36.6 Å². The summed E-state index contributed by atoms with van der Waals surface area (Å²) < 4.78 is 70.4. The highest BCUT2D eigenvalue weighted by Gasteiger charge is 2.51. The number of nitrogens with zero attached hydrogens (tertiary/aromatic N) is 5. The summed E-state index contributed by atoms with van der Waals surface area (Å²) in [4.78, 5) is 8.90. The Kier molecular flexibility index (Phi) is 8.39. The van der Waals surface area contributed by atoms with E-state index in [1.807, 2.05) is 40.7 Å². The Balaban J connectivity index is 1.60. The molecule has 1 aromatic carbocycles. The Hall–Kier alpha value is -2.58. The average molecular weight is 584 g/mol. The van der Waals surface area contributed by atoms with Gasteiger partial charge in [-0.2, -0.15) is 17.5 Å². The number of aryl methyl sites for hydroxylation is 1. The summed E-state index contributed by atoms with van der Waals surface area (Å²) in [6.45, 7) is 2.40. The lowest BCUT2D eigenvalue weighted by Crippen LogP contribution is -2.58. The van der Waals surface area contributed by atoms with Crippen molar-refractivity contribution in [3.8, 4) is 0 Å². The van der Waals surface area contributed by atoms with Gasteiger partial charge in [0.05, 0.1) is 23.0 Å². The minimum atomic E-state index is -4.82. The lowest BCUT2D eigenvalue weighted by molar-refractivity contribution is -0.258. The average Bonchev–Trinajstić information content (AvgIpc) is 3.27. The molecule has 4 rings (SSSR count). The predicted molar refractivity (Wildman–Crippen MR) is 148 cm³/mol. The monoisotopic (exact) mass is 583 g/mol. The maximum atomic E-state index is 13.5. The van der Waals surface area contributed by atoms with Crippen LogP contribution >= 0.6 is 12.2 Å². The van der Waals surface area contributed by atoms with Crippen LogP contribution in [-0.2, 0) is 29.2 Å². The van der Waals surface area contributed by atoms with Crippen LogP contribution in [0.25, 0.3) is 0 Å². The van der Waals surface area contributed by atoms with E-state index in [1.165, 1.54) is 34.6 Å². The Bertz CT molecular complexity index is 1370. The summed E-state index contributed by atoms with van der Waals surface area (Å²) in [5.74, 6) is 0. The van der Waals surface area contributed by atoms with Gasteiger partial charge in [-0.05, 0) is 37.7 Å². The number of benzene rings is 1. The number of halogens is 3. The van der Waals surface area contributed by atoms with Crippen LogP contribution < -0.4 is 4.90 Å². The first-order valence-corrected chi connectivity index (χ1v) is 14.3. The first kappa shape index (κ1) is 29.4. The zero-order valence-corrected chi connectivity index (χ0v) is 23.6. The number of rotatable bonds is 8. The summed E-state index contributed by atoms with van der Waals surface area (Å²) in [7, 11) is -0.0368. The second-order valence-corrected chi connectivity index (χ2v) is 12.5. The number of alkyl halides is 3.